The van der Waals surface area contributed by atoms with Crippen molar-refractivity contribution in [3.63, 3.8) is 0 Å². The van der Waals surface area contributed by atoms with Gasteiger partial charge in [0.25, 0.3) is 5.56 Å². The van der Waals surface area contributed by atoms with E-state index in [1.54, 1.807) is 24.3 Å². The molecule has 0 saturated heterocycles. The number of nitrogens with one attached hydrogen (secondary N) is 1. The Morgan fingerprint density at radius 3 is 2.80 bits per heavy atom. The minimum absolute atomic E-state index is 0.294. The lowest BCUT2D eigenvalue weighted by Gasteiger charge is -2.00. The lowest BCUT2D eigenvalue weighted by Crippen LogP contribution is -2.06. The Kier molecular flexibility index (Phi) is 2.43. The fourth-order valence-corrected chi connectivity index (χ4v) is 1.41. The minimum Gasteiger partial charge on any atom is -0.493 e. The summed E-state index contributed by atoms with van der Waals surface area (Å²) in [7, 11) is 0. The van der Waals surface area contributed by atoms with Crippen LogP contribution in [0.15, 0.2) is 35.1 Å². The molecular formula is C10H7ClN2O2. The summed E-state index contributed by atoms with van der Waals surface area (Å²) in [6.07, 6.45) is 0. The largest absolute Gasteiger partial charge is 0.493 e. The molecule has 2 aromatic rings. The Balaban J connectivity index is 2.59. The van der Waals surface area contributed by atoms with Crippen molar-refractivity contribution in [3.8, 4) is 17.3 Å². The molecule has 2 N–H and O–H groups in total. The van der Waals surface area contributed by atoms with E-state index in [4.69, 9.17) is 16.7 Å². The molecule has 0 aliphatic rings. The van der Waals surface area contributed by atoms with Crippen molar-refractivity contribution >= 4 is 11.6 Å². The minimum atomic E-state index is -0.405. The second kappa shape index (κ2) is 3.74. The summed E-state index contributed by atoms with van der Waals surface area (Å²) >= 11 is 5.79. The van der Waals surface area contributed by atoms with Gasteiger partial charge in [-0.3, -0.25) is 4.79 Å². The van der Waals surface area contributed by atoms with E-state index < -0.39 is 5.56 Å². The maximum atomic E-state index is 11.1. The fraction of sp³-hybridized carbons (Fsp3) is 0. The predicted octanol–water partition coefficient (Wildman–Crippen LogP) is 1.80. The van der Waals surface area contributed by atoms with Crippen LogP contribution in [0.3, 0.4) is 0 Å². The van der Waals surface area contributed by atoms with Crippen molar-refractivity contribution in [1.82, 2.24) is 9.97 Å². The van der Waals surface area contributed by atoms with Gasteiger partial charge in [0.05, 0.1) is 6.07 Å². The monoisotopic (exact) mass is 222 g/mol. The van der Waals surface area contributed by atoms with Gasteiger partial charge >= 0.3 is 0 Å². The maximum Gasteiger partial charge on any atom is 0.254 e. The van der Waals surface area contributed by atoms with Crippen LogP contribution in [0.25, 0.3) is 11.4 Å². The first kappa shape index (κ1) is 9.73. The van der Waals surface area contributed by atoms with Crippen LogP contribution in [-0.4, -0.2) is 15.1 Å². The van der Waals surface area contributed by atoms with Crippen molar-refractivity contribution in [2.75, 3.05) is 0 Å². The van der Waals surface area contributed by atoms with Crippen LogP contribution in [0.2, 0.25) is 5.02 Å². The third kappa shape index (κ3) is 2.16. The molecule has 0 saturated carbocycles. The summed E-state index contributed by atoms with van der Waals surface area (Å²) in [6.45, 7) is 0. The van der Waals surface area contributed by atoms with E-state index in [0.717, 1.165) is 6.07 Å². The van der Waals surface area contributed by atoms with E-state index in [1.165, 1.54) is 0 Å². The molecule has 2 rings (SSSR count). The molecule has 1 aromatic heterocycles. The average molecular weight is 223 g/mol. The molecule has 0 spiro atoms. The van der Waals surface area contributed by atoms with E-state index in [-0.39, 0.29) is 5.88 Å². The smallest absolute Gasteiger partial charge is 0.254 e. The first-order chi connectivity index (χ1) is 7.15. The van der Waals surface area contributed by atoms with Crippen LogP contribution in [0.5, 0.6) is 5.88 Å². The van der Waals surface area contributed by atoms with E-state index in [1.807, 2.05) is 0 Å². The van der Waals surface area contributed by atoms with Crippen LogP contribution in [-0.2, 0) is 0 Å². The standard InChI is InChI=1S/C10H7ClN2O2/c11-7-3-1-2-6(4-7)10-12-8(14)5-9(15)13-10/h1-5H,(H2,12,13,14,15). The van der Waals surface area contributed by atoms with Gasteiger partial charge in [-0.25, -0.2) is 0 Å². The van der Waals surface area contributed by atoms with Gasteiger partial charge in [-0.1, -0.05) is 23.7 Å². The molecule has 1 heterocycles. The summed E-state index contributed by atoms with van der Waals surface area (Å²) in [5.41, 5.74) is 0.243. The van der Waals surface area contributed by atoms with E-state index >= 15 is 0 Å². The van der Waals surface area contributed by atoms with Gasteiger partial charge in [0.15, 0.2) is 0 Å². The fourth-order valence-electron chi connectivity index (χ4n) is 1.22. The van der Waals surface area contributed by atoms with Crippen LogP contribution >= 0.6 is 11.6 Å². The highest BCUT2D eigenvalue weighted by atomic mass is 35.5. The first-order valence-electron chi connectivity index (χ1n) is 4.21. The topological polar surface area (TPSA) is 66.0 Å². The van der Waals surface area contributed by atoms with Crippen LogP contribution < -0.4 is 5.56 Å². The summed E-state index contributed by atoms with van der Waals surface area (Å²) in [4.78, 5) is 17.4. The van der Waals surface area contributed by atoms with Gasteiger partial charge < -0.3 is 10.1 Å². The summed E-state index contributed by atoms with van der Waals surface area (Å²) in [6, 6.07) is 7.85. The molecule has 0 bridgehead atoms. The number of hydrogen-bond acceptors (Lipinski definition) is 3. The molecule has 0 unspecified atom stereocenters. The van der Waals surface area contributed by atoms with E-state index in [0.29, 0.717) is 16.4 Å². The van der Waals surface area contributed by atoms with Crippen molar-refractivity contribution < 1.29 is 5.11 Å². The Labute approximate surface area is 90.2 Å². The molecule has 0 atom stereocenters. The molecule has 0 fully saturated rings. The van der Waals surface area contributed by atoms with Gasteiger partial charge in [-0.2, -0.15) is 4.98 Å². The number of aromatic nitrogens is 2. The van der Waals surface area contributed by atoms with Gasteiger partial charge in [0.1, 0.15) is 5.82 Å². The highest BCUT2D eigenvalue weighted by Gasteiger charge is 2.03. The third-order valence-corrected chi connectivity index (χ3v) is 2.06. The highest BCUT2D eigenvalue weighted by Crippen LogP contribution is 2.19. The number of nitrogens with zero attached hydrogens (tertiary/aromatic N) is 1. The Hall–Kier alpha value is -1.81. The number of halogens is 1. The predicted molar refractivity (Wildman–Crippen MR) is 57.0 cm³/mol. The zero-order valence-electron chi connectivity index (χ0n) is 7.57. The summed E-state index contributed by atoms with van der Waals surface area (Å²) < 4.78 is 0. The van der Waals surface area contributed by atoms with Crippen LogP contribution in [0, 0.1) is 0 Å². The lowest BCUT2D eigenvalue weighted by molar-refractivity contribution is 0.452. The molecule has 15 heavy (non-hydrogen) atoms. The highest BCUT2D eigenvalue weighted by molar-refractivity contribution is 6.30. The van der Waals surface area contributed by atoms with Gasteiger partial charge in [-0.05, 0) is 12.1 Å². The molecule has 0 radical (unpaired) electrons. The quantitative estimate of drug-likeness (QED) is 0.773. The van der Waals surface area contributed by atoms with Gasteiger partial charge in [0, 0.05) is 10.6 Å². The molecular weight excluding hydrogens is 216 g/mol. The number of H-pyrrole nitrogens is 1. The van der Waals surface area contributed by atoms with Crippen molar-refractivity contribution in [3.05, 3.63) is 45.7 Å². The molecule has 5 heteroatoms. The first-order valence-corrected chi connectivity index (χ1v) is 4.59. The number of aromatic amines is 1. The van der Waals surface area contributed by atoms with Gasteiger partial charge in [-0.15, -0.1) is 0 Å². The third-order valence-electron chi connectivity index (χ3n) is 1.83. The molecule has 4 nitrogen and oxygen atoms in total. The second-order valence-corrected chi connectivity index (χ2v) is 3.40. The van der Waals surface area contributed by atoms with Gasteiger partial charge in [0.2, 0.25) is 5.88 Å². The number of aromatic hydroxyl groups is 1. The zero-order valence-corrected chi connectivity index (χ0v) is 8.32. The lowest BCUT2D eigenvalue weighted by atomic mass is 10.2. The van der Waals surface area contributed by atoms with Crippen LogP contribution in [0.4, 0.5) is 0 Å². The van der Waals surface area contributed by atoms with Crippen molar-refractivity contribution in [2.45, 2.75) is 0 Å². The second-order valence-electron chi connectivity index (χ2n) is 2.96. The maximum absolute atomic E-state index is 11.1. The molecule has 0 aliphatic carbocycles. The Morgan fingerprint density at radius 2 is 2.13 bits per heavy atom. The molecule has 1 aromatic carbocycles. The van der Waals surface area contributed by atoms with Crippen molar-refractivity contribution in [2.24, 2.45) is 0 Å². The number of benzene rings is 1. The van der Waals surface area contributed by atoms with Crippen LogP contribution in [0.1, 0.15) is 0 Å². The SMILES string of the molecule is O=c1cc(O)nc(-c2cccc(Cl)c2)[nH]1. The Morgan fingerprint density at radius 1 is 1.33 bits per heavy atom. The molecule has 76 valence electrons. The summed E-state index contributed by atoms with van der Waals surface area (Å²) in [5, 5.41) is 9.70. The average Bonchev–Trinajstić information content (AvgIpc) is 2.16. The number of hydrogen-bond donors (Lipinski definition) is 2. The zero-order chi connectivity index (χ0) is 10.8. The summed E-state index contributed by atoms with van der Waals surface area (Å²) in [5.74, 6) is -0.0174. The van der Waals surface area contributed by atoms with Crippen molar-refractivity contribution in [1.29, 1.82) is 0 Å². The normalized spacial score (nSPS) is 10.2. The molecule has 0 aliphatic heterocycles. The van der Waals surface area contributed by atoms with E-state index in [9.17, 15) is 4.79 Å². The molecule has 0 amide bonds. The number of rotatable bonds is 1. The Bertz CT molecular complexity index is 551. The van der Waals surface area contributed by atoms with E-state index in [2.05, 4.69) is 9.97 Å².